The normalized spacial score (nSPS) is 20.9. The molecule has 2 atom stereocenters. The van der Waals surface area contributed by atoms with Gasteiger partial charge in [0.25, 0.3) is 5.91 Å². The lowest BCUT2D eigenvalue weighted by molar-refractivity contribution is -0.123. The van der Waals surface area contributed by atoms with Gasteiger partial charge in [-0.05, 0) is 55.2 Å². The summed E-state index contributed by atoms with van der Waals surface area (Å²) in [4.78, 5) is 26.1. The van der Waals surface area contributed by atoms with E-state index in [0.29, 0.717) is 25.1 Å². The molecule has 7 heteroatoms. The standard InChI is InChI=1S/C25H31N3O4/c1-17-13-28(14-18(2)32-17)15-20-5-3-19(4-6-20)12-26-25(30)16-31-22-8-9-23-21(11-22)7-10-24(29)27-23/h3-6,8-9,11,17-18H,7,10,12-16H2,1-2H3,(H,26,30)(H,27,29). The van der Waals surface area contributed by atoms with Crippen LogP contribution in [0.3, 0.4) is 0 Å². The summed E-state index contributed by atoms with van der Waals surface area (Å²) in [7, 11) is 0. The predicted octanol–water partition coefficient (Wildman–Crippen LogP) is 2.88. The zero-order valence-electron chi connectivity index (χ0n) is 18.7. The van der Waals surface area contributed by atoms with Crippen molar-refractivity contribution in [3.63, 3.8) is 0 Å². The molecule has 0 saturated carbocycles. The first-order valence-corrected chi connectivity index (χ1v) is 11.2. The third kappa shape index (κ3) is 6.08. The minimum atomic E-state index is -0.170. The van der Waals surface area contributed by atoms with E-state index in [1.54, 1.807) is 6.07 Å². The second kappa shape index (κ2) is 10.1. The lowest BCUT2D eigenvalue weighted by atomic mass is 10.0. The highest BCUT2D eigenvalue weighted by atomic mass is 16.5. The molecule has 0 aliphatic carbocycles. The van der Waals surface area contributed by atoms with E-state index in [9.17, 15) is 9.59 Å². The Hall–Kier alpha value is -2.90. The molecule has 170 valence electrons. The van der Waals surface area contributed by atoms with Crippen LogP contribution >= 0.6 is 0 Å². The van der Waals surface area contributed by atoms with E-state index < -0.39 is 0 Å². The Kier molecular flexibility index (Phi) is 7.07. The van der Waals surface area contributed by atoms with Crippen LogP contribution in [0.2, 0.25) is 0 Å². The zero-order chi connectivity index (χ0) is 22.5. The molecule has 0 bridgehead atoms. The molecule has 0 aromatic heterocycles. The van der Waals surface area contributed by atoms with Crippen LogP contribution in [0, 0.1) is 0 Å². The summed E-state index contributed by atoms with van der Waals surface area (Å²) in [6, 6.07) is 13.8. The van der Waals surface area contributed by atoms with Crippen molar-refractivity contribution >= 4 is 17.5 Å². The maximum atomic E-state index is 12.2. The number of amides is 2. The van der Waals surface area contributed by atoms with Crippen LogP contribution in [0.1, 0.15) is 37.0 Å². The molecule has 2 N–H and O–H groups in total. The molecule has 2 aromatic rings. The van der Waals surface area contributed by atoms with Crippen LogP contribution in [0.25, 0.3) is 0 Å². The average Bonchev–Trinajstić information content (AvgIpc) is 2.76. The molecule has 2 aliphatic rings. The molecule has 0 radical (unpaired) electrons. The van der Waals surface area contributed by atoms with E-state index >= 15 is 0 Å². The molecule has 2 aliphatic heterocycles. The minimum Gasteiger partial charge on any atom is -0.484 e. The summed E-state index contributed by atoms with van der Waals surface area (Å²) in [5.74, 6) is 0.492. The molecule has 1 saturated heterocycles. The summed E-state index contributed by atoms with van der Waals surface area (Å²) in [6.07, 6.45) is 1.68. The second-order valence-electron chi connectivity index (χ2n) is 8.70. The van der Waals surface area contributed by atoms with Gasteiger partial charge in [-0.1, -0.05) is 24.3 Å². The van der Waals surface area contributed by atoms with Gasteiger partial charge in [0.2, 0.25) is 5.91 Å². The summed E-state index contributed by atoms with van der Waals surface area (Å²) < 4.78 is 11.4. The van der Waals surface area contributed by atoms with E-state index in [0.717, 1.165) is 36.4 Å². The average molecular weight is 438 g/mol. The predicted molar refractivity (Wildman–Crippen MR) is 122 cm³/mol. The molecular formula is C25H31N3O4. The maximum absolute atomic E-state index is 12.2. The van der Waals surface area contributed by atoms with E-state index in [-0.39, 0.29) is 30.6 Å². The van der Waals surface area contributed by atoms with Crippen molar-refractivity contribution in [1.82, 2.24) is 10.2 Å². The van der Waals surface area contributed by atoms with E-state index in [1.807, 2.05) is 12.1 Å². The number of rotatable bonds is 7. The first kappa shape index (κ1) is 22.3. The van der Waals surface area contributed by atoms with E-state index in [2.05, 4.69) is 53.6 Å². The molecular weight excluding hydrogens is 406 g/mol. The van der Waals surface area contributed by atoms with Gasteiger partial charge < -0.3 is 20.1 Å². The zero-order valence-corrected chi connectivity index (χ0v) is 18.7. The lowest BCUT2D eigenvalue weighted by Gasteiger charge is -2.35. The Morgan fingerprint density at radius 1 is 1.09 bits per heavy atom. The van der Waals surface area contributed by atoms with Crippen molar-refractivity contribution in [2.75, 3.05) is 25.0 Å². The van der Waals surface area contributed by atoms with Crippen LogP contribution in [-0.2, 0) is 33.8 Å². The van der Waals surface area contributed by atoms with Crippen LogP contribution in [0.4, 0.5) is 5.69 Å². The molecule has 4 rings (SSSR count). The minimum absolute atomic E-state index is 0.0314. The van der Waals surface area contributed by atoms with Gasteiger partial charge in [0.15, 0.2) is 6.61 Å². The fourth-order valence-corrected chi connectivity index (χ4v) is 4.28. The topological polar surface area (TPSA) is 79.9 Å². The van der Waals surface area contributed by atoms with Crippen molar-refractivity contribution in [3.05, 3.63) is 59.2 Å². The van der Waals surface area contributed by atoms with Gasteiger partial charge in [-0.25, -0.2) is 0 Å². The highest BCUT2D eigenvalue weighted by Crippen LogP contribution is 2.26. The molecule has 2 amide bonds. The smallest absolute Gasteiger partial charge is 0.258 e. The number of morpholine rings is 1. The largest absolute Gasteiger partial charge is 0.484 e. The van der Waals surface area contributed by atoms with Crippen LogP contribution < -0.4 is 15.4 Å². The van der Waals surface area contributed by atoms with Crippen LogP contribution in [-0.4, -0.2) is 48.6 Å². The van der Waals surface area contributed by atoms with Crippen LogP contribution in [0.5, 0.6) is 5.75 Å². The number of carbonyl (C=O) groups is 2. The summed E-state index contributed by atoms with van der Waals surface area (Å²) in [5.41, 5.74) is 4.16. The molecule has 0 spiro atoms. The number of hydrogen-bond acceptors (Lipinski definition) is 5. The highest BCUT2D eigenvalue weighted by Gasteiger charge is 2.22. The van der Waals surface area contributed by atoms with Gasteiger partial charge in [0, 0.05) is 38.3 Å². The SMILES string of the molecule is CC1CN(Cc2ccc(CNC(=O)COc3ccc4c(c3)CCC(=O)N4)cc2)CC(C)O1. The number of nitrogens with one attached hydrogen (secondary N) is 2. The molecule has 1 fully saturated rings. The van der Waals surface area contributed by atoms with Crippen molar-refractivity contribution in [2.45, 2.75) is 52.0 Å². The lowest BCUT2D eigenvalue weighted by Crippen LogP contribution is -2.44. The van der Waals surface area contributed by atoms with Gasteiger partial charge in [0.05, 0.1) is 12.2 Å². The number of anilines is 1. The van der Waals surface area contributed by atoms with Gasteiger partial charge in [-0.3, -0.25) is 14.5 Å². The molecule has 2 heterocycles. The quantitative estimate of drug-likeness (QED) is 0.696. The van der Waals surface area contributed by atoms with Crippen molar-refractivity contribution in [3.8, 4) is 5.75 Å². The van der Waals surface area contributed by atoms with E-state index in [1.165, 1.54) is 5.56 Å². The summed E-state index contributed by atoms with van der Waals surface area (Å²) >= 11 is 0. The fourth-order valence-electron chi connectivity index (χ4n) is 4.28. The maximum Gasteiger partial charge on any atom is 0.258 e. The number of benzene rings is 2. The summed E-state index contributed by atoms with van der Waals surface area (Å²) in [5, 5.41) is 5.74. The number of carbonyl (C=O) groups excluding carboxylic acids is 2. The Bertz CT molecular complexity index is 950. The molecule has 32 heavy (non-hydrogen) atoms. The third-order valence-corrected chi connectivity index (χ3v) is 5.76. The number of fused-ring (bicyclic) bond motifs is 1. The first-order chi connectivity index (χ1) is 15.4. The van der Waals surface area contributed by atoms with Gasteiger partial charge >= 0.3 is 0 Å². The first-order valence-electron chi connectivity index (χ1n) is 11.2. The number of ether oxygens (including phenoxy) is 2. The van der Waals surface area contributed by atoms with Crippen molar-refractivity contribution in [2.24, 2.45) is 0 Å². The Morgan fingerprint density at radius 3 is 2.56 bits per heavy atom. The monoisotopic (exact) mass is 437 g/mol. The molecule has 2 aromatic carbocycles. The van der Waals surface area contributed by atoms with Crippen LogP contribution in [0.15, 0.2) is 42.5 Å². The second-order valence-corrected chi connectivity index (χ2v) is 8.70. The third-order valence-electron chi connectivity index (χ3n) is 5.76. The molecule has 2 unspecified atom stereocenters. The number of aryl methyl sites for hydroxylation is 1. The highest BCUT2D eigenvalue weighted by molar-refractivity contribution is 5.94. The van der Waals surface area contributed by atoms with E-state index in [4.69, 9.17) is 9.47 Å². The molecule has 7 nitrogen and oxygen atoms in total. The fraction of sp³-hybridized carbons (Fsp3) is 0.440. The number of nitrogens with zero attached hydrogens (tertiary/aromatic N) is 1. The number of hydrogen-bond donors (Lipinski definition) is 2. The van der Waals surface area contributed by atoms with Gasteiger partial charge in [0.1, 0.15) is 5.75 Å². The van der Waals surface area contributed by atoms with Crippen molar-refractivity contribution in [1.29, 1.82) is 0 Å². The summed E-state index contributed by atoms with van der Waals surface area (Å²) in [6.45, 7) is 7.44. The van der Waals surface area contributed by atoms with Gasteiger partial charge in [-0.2, -0.15) is 0 Å². The van der Waals surface area contributed by atoms with Gasteiger partial charge in [-0.15, -0.1) is 0 Å². The Balaban J connectivity index is 1.21. The Morgan fingerprint density at radius 2 is 1.81 bits per heavy atom. The van der Waals surface area contributed by atoms with Crippen molar-refractivity contribution < 1.29 is 19.1 Å². The Labute approximate surface area is 189 Å².